The first-order valence-corrected chi connectivity index (χ1v) is 6.13. The Labute approximate surface area is 112 Å². The van der Waals surface area contributed by atoms with Crippen LogP contribution in [0.4, 0.5) is 0 Å². The van der Waals surface area contributed by atoms with Crippen molar-refractivity contribution in [3.8, 4) is 11.8 Å². The molecule has 0 heterocycles. The smallest absolute Gasteiger partial charge is 0.323 e. The lowest BCUT2D eigenvalue weighted by Gasteiger charge is -2.24. The molecule has 0 aromatic heterocycles. The second-order valence-corrected chi connectivity index (χ2v) is 4.40. The molecule has 5 nitrogen and oxygen atoms in total. The average Bonchev–Trinajstić information content (AvgIpc) is 2.43. The van der Waals surface area contributed by atoms with Crippen LogP contribution in [0.1, 0.15) is 25.8 Å². The molecule has 0 aliphatic rings. The molecule has 1 aromatic rings. The highest BCUT2D eigenvalue weighted by atomic mass is 16.5. The highest BCUT2D eigenvalue weighted by molar-refractivity contribution is 5.78. The molecule has 0 aliphatic heterocycles. The lowest BCUT2D eigenvalue weighted by molar-refractivity contribution is -0.144. The van der Waals surface area contributed by atoms with E-state index in [-0.39, 0.29) is 0 Å². The topological polar surface area (TPSA) is 82.3 Å². The van der Waals surface area contributed by atoms with Crippen molar-refractivity contribution in [1.29, 1.82) is 5.26 Å². The number of carboxylic acid groups (broad SMARTS) is 1. The number of rotatable bonds is 7. The van der Waals surface area contributed by atoms with Gasteiger partial charge < -0.3 is 9.84 Å². The summed E-state index contributed by atoms with van der Waals surface area (Å²) in [7, 11) is 0. The Morgan fingerprint density at radius 1 is 1.47 bits per heavy atom. The van der Waals surface area contributed by atoms with E-state index in [0.717, 1.165) is 0 Å². The minimum absolute atomic E-state index is 0.370. The van der Waals surface area contributed by atoms with Crippen molar-refractivity contribution in [2.75, 3.05) is 13.2 Å². The number of nitriles is 1. The first-order chi connectivity index (χ1) is 9.01. The second-order valence-electron chi connectivity index (χ2n) is 4.40. The van der Waals surface area contributed by atoms with Crippen molar-refractivity contribution < 1.29 is 14.6 Å². The summed E-state index contributed by atoms with van der Waals surface area (Å²) in [6.07, 6.45) is 0.499. The number of hydrogen-bond acceptors (Lipinski definition) is 4. The molecule has 0 spiro atoms. The Bertz CT molecular complexity index is 465. The van der Waals surface area contributed by atoms with Gasteiger partial charge in [-0.2, -0.15) is 5.26 Å². The first kappa shape index (κ1) is 15.0. The summed E-state index contributed by atoms with van der Waals surface area (Å²) >= 11 is 0. The van der Waals surface area contributed by atoms with E-state index in [4.69, 9.17) is 15.1 Å². The van der Waals surface area contributed by atoms with Crippen LogP contribution in [0.5, 0.6) is 5.75 Å². The molecule has 0 saturated carbocycles. The molecule has 5 heteroatoms. The van der Waals surface area contributed by atoms with Crippen LogP contribution in [0, 0.1) is 11.3 Å². The van der Waals surface area contributed by atoms with Crippen molar-refractivity contribution in [2.24, 2.45) is 0 Å². The van der Waals surface area contributed by atoms with E-state index in [2.05, 4.69) is 5.32 Å². The van der Waals surface area contributed by atoms with Gasteiger partial charge >= 0.3 is 5.97 Å². The van der Waals surface area contributed by atoms with Crippen molar-refractivity contribution in [1.82, 2.24) is 5.32 Å². The highest BCUT2D eigenvalue weighted by Gasteiger charge is 2.29. The number of ether oxygens (including phenoxy) is 1. The van der Waals surface area contributed by atoms with Crippen molar-refractivity contribution in [3.05, 3.63) is 29.8 Å². The van der Waals surface area contributed by atoms with Gasteiger partial charge in [0.05, 0.1) is 11.6 Å². The normalized spacial score (nSPS) is 13.3. The summed E-state index contributed by atoms with van der Waals surface area (Å²) in [5.74, 6) is -0.206. The Balaban J connectivity index is 2.38. The van der Waals surface area contributed by atoms with E-state index in [1.165, 1.54) is 0 Å². The van der Waals surface area contributed by atoms with E-state index in [9.17, 15) is 4.79 Å². The maximum absolute atomic E-state index is 11.1. The fourth-order valence-electron chi connectivity index (χ4n) is 1.47. The Hall–Kier alpha value is -2.06. The van der Waals surface area contributed by atoms with Crippen LogP contribution in [0.2, 0.25) is 0 Å². The number of carbonyl (C=O) groups is 1. The molecule has 102 valence electrons. The molecule has 19 heavy (non-hydrogen) atoms. The number of hydrogen-bond donors (Lipinski definition) is 2. The SMILES string of the molecule is CCC(C)(NCCOc1ccc(C#N)cc1)C(=O)O. The van der Waals surface area contributed by atoms with Gasteiger partial charge in [-0.05, 0) is 37.6 Å². The summed E-state index contributed by atoms with van der Waals surface area (Å²) in [6.45, 7) is 4.28. The molecule has 0 fully saturated rings. The standard InChI is InChI=1S/C14H18N2O3/c1-3-14(2,13(17)18)16-8-9-19-12-6-4-11(10-15)5-7-12/h4-7,16H,3,8-9H2,1-2H3,(H,17,18). The summed E-state index contributed by atoms with van der Waals surface area (Å²) in [5.41, 5.74) is -0.344. The van der Waals surface area contributed by atoms with Crippen molar-refractivity contribution in [2.45, 2.75) is 25.8 Å². The number of nitrogens with one attached hydrogen (secondary N) is 1. The van der Waals surface area contributed by atoms with E-state index in [1.54, 1.807) is 31.2 Å². The highest BCUT2D eigenvalue weighted by Crippen LogP contribution is 2.12. The zero-order valence-corrected chi connectivity index (χ0v) is 11.1. The number of carboxylic acids is 1. The lowest BCUT2D eigenvalue weighted by atomic mass is 9.99. The largest absolute Gasteiger partial charge is 0.492 e. The Morgan fingerprint density at radius 2 is 2.11 bits per heavy atom. The fraction of sp³-hybridized carbons (Fsp3) is 0.429. The quantitative estimate of drug-likeness (QED) is 0.732. The van der Waals surface area contributed by atoms with Gasteiger partial charge in [0.1, 0.15) is 17.9 Å². The molecule has 1 atom stereocenters. The maximum Gasteiger partial charge on any atom is 0.323 e. The van der Waals surface area contributed by atoms with E-state index in [0.29, 0.717) is 30.9 Å². The monoisotopic (exact) mass is 262 g/mol. The molecule has 0 bridgehead atoms. The van der Waals surface area contributed by atoms with Gasteiger partial charge in [0.15, 0.2) is 0 Å². The molecular weight excluding hydrogens is 244 g/mol. The Kier molecular flexibility index (Phi) is 5.34. The maximum atomic E-state index is 11.1. The van der Waals surface area contributed by atoms with Crippen LogP contribution >= 0.6 is 0 Å². The van der Waals surface area contributed by atoms with Crippen LogP contribution < -0.4 is 10.1 Å². The van der Waals surface area contributed by atoms with Crippen molar-refractivity contribution >= 4 is 5.97 Å². The van der Waals surface area contributed by atoms with Crippen molar-refractivity contribution in [3.63, 3.8) is 0 Å². The number of aliphatic carboxylic acids is 1. The van der Waals surface area contributed by atoms with Crippen LogP contribution in [-0.4, -0.2) is 29.8 Å². The molecule has 0 amide bonds. The van der Waals surface area contributed by atoms with Gasteiger partial charge in [0, 0.05) is 6.54 Å². The summed E-state index contributed by atoms with van der Waals surface area (Å²) in [6, 6.07) is 8.82. The van der Waals surface area contributed by atoms with Gasteiger partial charge in [-0.15, -0.1) is 0 Å². The van der Waals surface area contributed by atoms with Crippen LogP contribution in [0.25, 0.3) is 0 Å². The number of nitrogens with zero attached hydrogens (tertiary/aromatic N) is 1. The lowest BCUT2D eigenvalue weighted by Crippen LogP contribution is -2.50. The molecule has 2 N–H and O–H groups in total. The third-order valence-corrected chi connectivity index (χ3v) is 3.05. The van der Waals surface area contributed by atoms with Crippen LogP contribution in [-0.2, 0) is 4.79 Å². The minimum Gasteiger partial charge on any atom is -0.492 e. The molecule has 0 radical (unpaired) electrons. The molecule has 1 rings (SSSR count). The average molecular weight is 262 g/mol. The van der Waals surface area contributed by atoms with Gasteiger partial charge in [0.25, 0.3) is 0 Å². The van der Waals surface area contributed by atoms with Gasteiger partial charge in [0.2, 0.25) is 0 Å². The summed E-state index contributed by atoms with van der Waals surface area (Å²) in [5, 5.41) is 20.7. The van der Waals surface area contributed by atoms with Gasteiger partial charge in [-0.25, -0.2) is 0 Å². The second kappa shape index (κ2) is 6.76. The third-order valence-electron chi connectivity index (χ3n) is 3.05. The third kappa shape index (κ3) is 4.27. The van der Waals surface area contributed by atoms with Gasteiger partial charge in [-0.1, -0.05) is 6.92 Å². The molecule has 1 unspecified atom stereocenters. The number of benzene rings is 1. The minimum atomic E-state index is -0.923. The van der Waals surface area contributed by atoms with E-state index >= 15 is 0 Å². The predicted molar refractivity (Wildman–Crippen MR) is 71.0 cm³/mol. The van der Waals surface area contributed by atoms with E-state index < -0.39 is 11.5 Å². The Morgan fingerprint density at radius 3 is 2.58 bits per heavy atom. The first-order valence-electron chi connectivity index (χ1n) is 6.13. The van der Waals surface area contributed by atoms with E-state index in [1.807, 2.05) is 13.0 Å². The molecule has 0 aliphatic carbocycles. The molecule has 0 saturated heterocycles. The predicted octanol–water partition coefficient (Wildman–Crippen LogP) is 1.78. The van der Waals surface area contributed by atoms with Gasteiger partial charge in [-0.3, -0.25) is 10.1 Å². The van der Waals surface area contributed by atoms with Crippen LogP contribution in [0.3, 0.4) is 0 Å². The zero-order valence-electron chi connectivity index (χ0n) is 11.1. The summed E-state index contributed by atoms with van der Waals surface area (Å²) < 4.78 is 5.46. The molecular formula is C14H18N2O3. The molecule has 1 aromatic carbocycles. The fourth-order valence-corrected chi connectivity index (χ4v) is 1.47. The van der Waals surface area contributed by atoms with Crippen LogP contribution in [0.15, 0.2) is 24.3 Å². The summed E-state index contributed by atoms with van der Waals surface area (Å²) in [4.78, 5) is 11.1. The zero-order chi connectivity index (χ0) is 14.3.